The van der Waals surface area contributed by atoms with E-state index in [0.717, 1.165) is 11.1 Å². The van der Waals surface area contributed by atoms with Crippen LogP contribution in [-0.4, -0.2) is 36.0 Å². The maximum atomic E-state index is 12.7. The van der Waals surface area contributed by atoms with Gasteiger partial charge >= 0.3 is 0 Å². The van der Waals surface area contributed by atoms with Crippen LogP contribution >= 0.6 is 11.6 Å². The van der Waals surface area contributed by atoms with Crippen LogP contribution in [0.5, 0.6) is 17.4 Å². The number of nitrogens with zero attached hydrogens (tertiary/aromatic N) is 2. The summed E-state index contributed by atoms with van der Waals surface area (Å²) in [6.07, 6.45) is -0.918. The van der Waals surface area contributed by atoms with Gasteiger partial charge in [-0.05, 0) is 50.1 Å². The van der Waals surface area contributed by atoms with Crippen molar-refractivity contribution < 1.29 is 19.0 Å². The molecule has 1 heterocycles. The number of aryl methyl sites for hydroxylation is 2. The molecule has 1 aromatic heterocycles. The van der Waals surface area contributed by atoms with Crippen LogP contribution in [0, 0.1) is 13.8 Å². The Labute approximate surface area is 190 Å². The second kappa shape index (κ2) is 9.74. The van der Waals surface area contributed by atoms with Gasteiger partial charge in [0.05, 0.1) is 30.6 Å². The van der Waals surface area contributed by atoms with E-state index in [2.05, 4.69) is 10.4 Å². The maximum absolute atomic E-state index is 12.7. The Kier molecular flexibility index (Phi) is 7.05. The molecule has 0 unspecified atom stereocenters. The van der Waals surface area contributed by atoms with E-state index in [1.807, 2.05) is 26.0 Å². The zero-order valence-electron chi connectivity index (χ0n) is 18.4. The number of carbonyl (C=O) groups is 1. The zero-order chi connectivity index (χ0) is 23.4. The second-order valence-corrected chi connectivity index (χ2v) is 7.53. The topological polar surface area (TPSA) is 91.7 Å². The van der Waals surface area contributed by atoms with Crippen LogP contribution in [0.3, 0.4) is 0 Å². The largest absolute Gasteiger partial charge is 0.495 e. The summed E-state index contributed by atoms with van der Waals surface area (Å²) in [7, 11) is 2.96. The van der Waals surface area contributed by atoms with Crippen molar-refractivity contribution in [1.29, 1.82) is 0 Å². The lowest BCUT2D eigenvalue weighted by molar-refractivity contribution is -0.122. The number of hydrogen-bond donors (Lipinski definition) is 1. The summed E-state index contributed by atoms with van der Waals surface area (Å²) in [5.41, 5.74) is 2.80. The van der Waals surface area contributed by atoms with Crippen LogP contribution in [0.1, 0.15) is 18.1 Å². The Morgan fingerprint density at radius 1 is 1.03 bits per heavy atom. The molecule has 3 rings (SSSR count). The van der Waals surface area contributed by atoms with Gasteiger partial charge in [-0.25, -0.2) is 0 Å². The van der Waals surface area contributed by atoms with E-state index in [4.69, 9.17) is 25.8 Å². The molecule has 1 amide bonds. The molecule has 2 aromatic carbocycles. The van der Waals surface area contributed by atoms with Crippen LogP contribution in [-0.2, 0) is 4.79 Å². The van der Waals surface area contributed by atoms with Crippen molar-refractivity contribution in [2.75, 3.05) is 19.5 Å². The molecule has 0 aliphatic rings. The monoisotopic (exact) mass is 457 g/mol. The minimum Gasteiger partial charge on any atom is -0.495 e. The first-order chi connectivity index (χ1) is 15.2. The summed E-state index contributed by atoms with van der Waals surface area (Å²) in [5.74, 6) is 0.484. The van der Waals surface area contributed by atoms with Crippen LogP contribution in [0.15, 0.2) is 47.3 Å². The Hall–Kier alpha value is -3.52. The maximum Gasteiger partial charge on any atom is 0.271 e. The number of halogens is 1. The number of nitrogens with one attached hydrogen (secondary N) is 1. The molecule has 0 aliphatic carbocycles. The van der Waals surface area contributed by atoms with Crippen molar-refractivity contribution >= 4 is 23.2 Å². The van der Waals surface area contributed by atoms with Gasteiger partial charge in [0.15, 0.2) is 6.10 Å². The first-order valence-electron chi connectivity index (χ1n) is 9.80. The lowest BCUT2D eigenvalue weighted by Gasteiger charge is -2.17. The molecular weight excluding hydrogens is 434 g/mol. The number of anilines is 1. The molecule has 0 bridgehead atoms. The van der Waals surface area contributed by atoms with Gasteiger partial charge < -0.3 is 19.5 Å². The van der Waals surface area contributed by atoms with Crippen LogP contribution < -0.4 is 25.1 Å². The molecule has 1 N–H and O–H groups in total. The van der Waals surface area contributed by atoms with E-state index < -0.39 is 12.0 Å². The molecule has 0 saturated heterocycles. The molecule has 0 radical (unpaired) electrons. The molecule has 0 saturated carbocycles. The number of amides is 1. The second-order valence-electron chi connectivity index (χ2n) is 7.13. The number of methoxy groups -OCH3 is 2. The SMILES string of the molecule is COc1cc(OC)c(NC(=O)[C@@H](C)Oc2ccc(=O)n(-c3ccc(C)c(C)c3)n2)cc1Cl. The minimum absolute atomic E-state index is 0.130. The minimum atomic E-state index is -0.918. The summed E-state index contributed by atoms with van der Waals surface area (Å²) in [5, 5.41) is 7.29. The highest BCUT2D eigenvalue weighted by molar-refractivity contribution is 6.32. The standard InChI is InChI=1S/C23H24ClN3O5/c1-13-6-7-16(10-14(13)2)27-22(28)9-8-21(26-27)32-15(3)23(29)25-18-11-17(24)19(30-4)12-20(18)31-5/h6-12,15H,1-5H3,(H,25,29)/t15-/m1/s1. The number of rotatable bonds is 7. The van der Waals surface area contributed by atoms with Gasteiger partial charge in [-0.2, -0.15) is 4.68 Å². The highest BCUT2D eigenvalue weighted by Gasteiger charge is 2.19. The van der Waals surface area contributed by atoms with Crippen molar-refractivity contribution in [3.8, 4) is 23.1 Å². The molecule has 9 heteroatoms. The number of aromatic nitrogens is 2. The third-order valence-corrected chi connectivity index (χ3v) is 5.20. The van der Waals surface area contributed by atoms with Gasteiger partial charge in [0.1, 0.15) is 11.5 Å². The molecule has 1 atom stereocenters. The van der Waals surface area contributed by atoms with Gasteiger partial charge in [-0.1, -0.05) is 17.7 Å². The van der Waals surface area contributed by atoms with Gasteiger partial charge in [0.25, 0.3) is 11.5 Å². The van der Waals surface area contributed by atoms with Crippen LogP contribution in [0.2, 0.25) is 5.02 Å². The van der Waals surface area contributed by atoms with Gasteiger partial charge in [0, 0.05) is 18.2 Å². The number of hydrogen-bond acceptors (Lipinski definition) is 6. The molecular formula is C23H24ClN3O5. The van der Waals surface area contributed by atoms with E-state index in [1.54, 1.807) is 19.1 Å². The smallest absolute Gasteiger partial charge is 0.271 e. The van der Waals surface area contributed by atoms with Crippen LogP contribution in [0.25, 0.3) is 5.69 Å². The molecule has 168 valence electrons. The predicted octanol–water partition coefficient (Wildman–Crippen LogP) is 3.93. The predicted molar refractivity (Wildman–Crippen MR) is 123 cm³/mol. The van der Waals surface area contributed by atoms with Crippen molar-refractivity contribution in [2.45, 2.75) is 26.9 Å². The van der Waals surface area contributed by atoms with E-state index in [1.165, 1.54) is 37.1 Å². The molecule has 32 heavy (non-hydrogen) atoms. The van der Waals surface area contributed by atoms with Crippen LogP contribution in [0.4, 0.5) is 5.69 Å². The van der Waals surface area contributed by atoms with E-state index >= 15 is 0 Å². The summed E-state index contributed by atoms with van der Waals surface area (Å²) >= 11 is 6.16. The number of ether oxygens (including phenoxy) is 3. The molecule has 0 spiro atoms. The average Bonchev–Trinajstić information content (AvgIpc) is 2.77. The summed E-state index contributed by atoms with van der Waals surface area (Å²) in [4.78, 5) is 25.0. The van der Waals surface area contributed by atoms with E-state index in [9.17, 15) is 9.59 Å². The number of carbonyl (C=O) groups excluding carboxylic acids is 1. The van der Waals surface area contributed by atoms with E-state index in [0.29, 0.717) is 27.9 Å². The van der Waals surface area contributed by atoms with Crippen molar-refractivity contribution in [2.24, 2.45) is 0 Å². The highest BCUT2D eigenvalue weighted by Crippen LogP contribution is 2.36. The molecule has 0 aliphatic heterocycles. The summed E-state index contributed by atoms with van der Waals surface area (Å²) in [6.45, 7) is 5.51. The molecule has 8 nitrogen and oxygen atoms in total. The van der Waals surface area contributed by atoms with Crippen molar-refractivity contribution in [3.05, 3.63) is 69.0 Å². The fourth-order valence-electron chi connectivity index (χ4n) is 2.93. The Bertz CT molecular complexity index is 1210. The highest BCUT2D eigenvalue weighted by atomic mass is 35.5. The first-order valence-corrected chi connectivity index (χ1v) is 10.2. The van der Waals surface area contributed by atoms with Crippen molar-refractivity contribution in [3.63, 3.8) is 0 Å². The third kappa shape index (κ3) is 5.03. The molecule has 0 fully saturated rings. The average molecular weight is 458 g/mol. The quantitative estimate of drug-likeness (QED) is 0.578. The Balaban J connectivity index is 1.79. The lowest BCUT2D eigenvalue weighted by atomic mass is 10.1. The molecule has 3 aromatic rings. The first kappa shape index (κ1) is 23.1. The Morgan fingerprint density at radius 2 is 1.75 bits per heavy atom. The zero-order valence-corrected chi connectivity index (χ0v) is 19.2. The third-order valence-electron chi connectivity index (χ3n) is 4.91. The van der Waals surface area contributed by atoms with Crippen molar-refractivity contribution in [1.82, 2.24) is 9.78 Å². The number of benzene rings is 2. The summed E-state index contributed by atoms with van der Waals surface area (Å²) < 4.78 is 17.4. The lowest BCUT2D eigenvalue weighted by Crippen LogP contribution is -2.31. The van der Waals surface area contributed by atoms with E-state index in [-0.39, 0.29) is 11.4 Å². The summed E-state index contributed by atoms with van der Waals surface area (Å²) in [6, 6.07) is 11.4. The van der Waals surface area contributed by atoms with Gasteiger partial charge in [-0.15, -0.1) is 5.10 Å². The fraction of sp³-hybridized carbons (Fsp3) is 0.261. The normalized spacial score (nSPS) is 11.6. The Morgan fingerprint density at radius 3 is 2.41 bits per heavy atom. The fourth-order valence-corrected chi connectivity index (χ4v) is 3.17. The van der Waals surface area contributed by atoms with Gasteiger partial charge in [0.2, 0.25) is 5.88 Å². The van der Waals surface area contributed by atoms with Gasteiger partial charge in [-0.3, -0.25) is 9.59 Å².